The van der Waals surface area contributed by atoms with Crippen LogP contribution in [-0.2, 0) is 9.59 Å². The van der Waals surface area contributed by atoms with Crippen molar-refractivity contribution in [2.45, 2.75) is 19.8 Å². The van der Waals surface area contributed by atoms with Crippen molar-refractivity contribution >= 4 is 23.2 Å². The summed E-state index contributed by atoms with van der Waals surface area (Å²) in [6.07, 6.45) is 1.46. The smallest absolute Gasteiger partial charge is 0.236 e. The Morgan fingerprint density at radius 1 is 0.903 bits per heavy atom. The molecule has 2 heterocycles. The van der Waals surface area contributed by atoms with Crippen LogP contribution in [0.3, 0.4) is 0 Å². The van der Waals surface area contributed by atoms with Gasteiger partial charge in [0.05, 0.1) is 6.54 Å². The van der Waals surface area contributed by atoms with E-state index >= 15 is 0 Å². The van der Waals surface area contributed by atoms with Gasteiger partial charge in [-0.1, -0.05) is 30.3 Å². The highest BCUT2D eigenvalue weighted by Crippen LogP contribution is 2.21. The maximum absolute atomic E-state index is 12.8. The van der Waals surface area contributed by atoms with E-state index in [9.17, 15) is 9.59 Å². The number of anilines is 2. The first-order chi connectivity index (χ1) is 15.1. The maximum Gasteiger partial charge on any atom is 0.236 e. The van der Waals surface area contributed by atoms with Gasteiger partial charge in [0, 0.05) is 56.6 Å². The number of nitrogens with one attached hydrogen (secondary N) is 1. The van der Waals surface area contributed by atoms with E-state index in [2.05, 4.69) is 46.3 Å². The molecule has 2 aromatic carbocycles. The molecule has 0 spiro atoms. The lowest BCUT2D eigenvalue weighted by molar-refractivity contribution is -0.135. The molecule has 2 aromatic rings. The quantitative estimate of drug-likeness (QED) is 0.808. The van der Waals surface area contributed by atoms with Gasteiger partial charge in [0.1, 0.15) is 0 Å². The highest BCUT2D eigenvalue weighted by atomic mass is 16.2. The third-order valence-electron chi connectivity index (χ3n) is 6.36. The minimum atomic E-state index is -0.0258. The van der Waals surface area contributed by atoms with Crippen LogP contribution in [-0.4, -0.2) is 67.4 Å². The van der Waals surface area contributed by atoms with Crippen LogP contribution in [0.5, 0.6) is 0 Å². The topological polar surface area (TPSA) is 55.9 Å². The molecule has 0 radical (unpaired) electrons. The Hall–Kier alpha value is -2.86. The molecule has 6 heteroatoms. The van der Waals surface area contributed by atoms with Crippen LogP contribution < -0.4 is 10.2 Å². The van der Waals surface area contributed by atoms with E-state index in [1.807, 2.05) is 35.2 Å². The van der Waals surface area contributed by atoms with Crippen molar-refractivity contribution in [2.75, 3.05) is 56.0 Å². The van der Waals surface area contributed by atoms with Gasteiger partial charge in [-0.15, -0.1) is 0 Å². The number of piperidine rings is 1. The molecule has 0 bridgehead atoms. The van der Waals surface area contributed by atoms with Crippen molar-refractivity contribution in [3.05, 3.63) is 60.2 Å². The monoisotopic (exact) mass is 420 g/mol. The Kier molecular flexibility index (Phi) is 6.87. The molecule has 0 aromatic heterocycles. The molecule has 164 valence electrons. The summed E-state index contributed by atoms with van der Waals surface area (Å²) in [6, 6.07) is 18.2. The van der Waals surface area contributed by atoms with Crippen molar-refractivity contribution in [1.82, 2.24) is 9.80 Å². The predicted octanol–water partition coefficient (Wildman–Crippen LogP) is 2.99. The van der Waals surface area contributed by atoms with Crippen LogP contribution in [0.2, 0.25) is 0 Å². The van der Waals surface area contributed by atoms with Gasteiger partial charge in [0.25, 0.3) is 0 Å². The summed E-state index contributed by atoms with van der Waals surface area (Å²) in [6.45, 7) is 7.60. The Morgan fingerprint density at radius 2 is 1.61 bits per heavy atom. The number of hydrogen-bond donors (Lipinski definition) is 1. The van der Waals surface area contributed by atoms with E-state index in [1.165, 1.54) is 11.3 Å². The molecule has 2 saturated heterocycles. The minimum Gasteiger partial charge on any atom is -0.369 e. The van der Waals surface area contributed by atoms with Gasteiger partial charge in [-0.3, -0.25) is 14.5 Å². The van der Waals surface area contributed by atoms with Crippen molar-refractivity contribution in [3.63, 3.8) is 0 Å². The van der Waals surface area contributed by atoms with Crippen molar-refractivity contribution in [1.29, 1.82) is 0 Å². The Bertz CT molecular complexity index is 885. The molecule has 1 N–H and O–H groups in total. The second-order valence-corrected chi connectivity index (χ2v) is 8.61. The van der Waals surface area contributed by atoms with E-state index in [4.69, 9.17) is 0 Å². The summed E-state index contributed by atoms with van der Waals surface area (Å²) in [5, 5.41) is 2.99. The Balaban J connectivity index is 1.19. The van der Waals surface area contributed by atoms with E-state index in [1.54, 1.807) is 0 Å². The van der Waals surface area contributed by atoms with Gasteiger partial charge >= 0.3 is 0 Å². The average molecular weight is 421 g/mol. The maximum atomic E-state index is 12.8. The lowest BCUT2D eigenvalue weighted by Crippen LogP contribution is -2.51. The zero-order valence-corrected chi connectivity index (χ0v) is 18.3. The summed E-state index contributed by atoms with van der Waals surface area (Å²) in [5.74, 6) is 0.221. The normalized spacial score (nSPS) is 18.1. The Labute approximate surface area is 184 Å². The lowest BCUT2D eigenvalue weighted by atomic mass is 9.95. The molecule has 2 aliphatic heterocycles. The molecule has 0 saturated carbocycles. The minimum absolute atomic E-state index is 0.0258. The molecule has 2 fully saturated rings. The number of likely N-dealkylation sites (tertiary alicyclic amines) is 1. The first kappa shape index (κ1) is 21.4. The van der Waals surface area contributed by atoms with Gasteiger partial charge in [-0.25, -0.2) is 0 Å². The number of para-hydroxylation sites is 1. The number of nitrogens with zero attached hydrogens (tertiary/aromatic N) is 3. The summed E-state index contributed by atoms with van der Waals surface area (Å²) in [5.41, 5.74) is 3.37. The number of aryl methyl sites for hydroxylation is 1. The predicted molar refractivity (Wildman–Crippen MR) is 124 cm³/mol. The molecule has 0 aliphatic carbocycles. The molecule has 0 unspecified atom stereocenters. The third kappa shape index (κ3) is 5.64. The van der Waals surface area contributed by atoms with E-state index in [0.29, 0.717) is 19.6 Å². The van der Waals surface area contributed by atoms with Crippen LogP contribution in [0, 0.1) is 12.8 Å². The molecule has 31 heavy (non-hydrogen) atoms. The van der Waals surface area contributed by atoms with Gasteiger partial charge in [0.15, 0.2) is 0 Å². The zero-order chi connectivity index (χ0) is 21.6. The second-order valence-electron chi connectivity index (χ2n) is 8.61. The van der Waals surface area contributed by atoms with Crippen LogP contribution in [0.25, 0.3) is 0 Å². The first-order valence-corrected chi connectivity index (χ1v) is 11.3. The first-order valence-electron chi connectivity index (χ1n) is 11.3. The fourth-order valence-corrected chi connectivity index (χ4v) is 4.44. The van der Waals surface area contributed by atoms with Crippen LogP contribution in [0.15, 0.2) is 54.6 Å². The Morgan fingerprint density at radius 3 is 2.29 bits per heavy atom. The number of piperazine rings is 1. The summed E-state index contributed by atoms with van der Waals surface area (Å²) < 4.78 is 0. The van der Waals surface area contributed by atoms with Gasteiger partial charge in [0.2, 0.25) is 11.8 Å². The molecular formula is C25H32N4O2. The number of hydrogen-bond acceptors (Lipinski definition) is 4. The highest BCUT2D eigenvalue weighted by molar-refractivity contribution is 5.92. The molecule has 0 atom stereocenters. The largest absolute Gasteiger partial charge is 0.369 e. The number of amides is 2. The van der Waals surface area contributed by atoms with Crippen molar-refractivity contribution in [3.8, 4) is 0 Å². The van der Waals surface area contributed by atoms with Crippen LogP contribution in [0.4, 0.5) is 11.4 Å². The second kappa shape index (κ2) is 9.96. The van der Waals surface area contributed by atoms with Gasteiger partial charge < -0.3 is 15.1 Å². The highest BCUT2D eigenvalue weighted by Gasteiger charge is 2.28. The van der Waals surface area contributed by atoms with Gasteiger partial charge in [-0.05, 0) is 49.6 Å². The van der Waals surface area contributed by atoms with Crippen LogP contribution in [0.1, 0.15) is 18.4 Å². The average Bonchev–Trinajstić information content (AvgIpc) is 2.80. The molecular weight excluding hydrogens is 388 g/mol. The number of benzene rings is 2. The van der Waals surface area contributed by atoms with Gasteiger partial charge in [-0.2, -0.15) is 0 Å². The number of rotatable bonds is 5. The van der Waals surface area contributed by atoms with E-state index in [-0.39, 0.29) is 17.7 Å². The lowest BCUT2D eigenvalue weighted by Gasteiger charge is -2.37. The zero-order valence-electron chi connectivity index (χ0n) is 18.3. The number of carbonyl (C=O) groups excluding carboxylic acids is 2. The standard InChI is InChI=1S/C25H32N4O2/c1-20-6-5-9-23(18-20)28-16-14-27(15-17-28)19-24(30)29-12-10-21(11-13-29)25(31)26-22-7-3-2-4-8-22/h2-9,18,21H,10-17,19H2,1H3,(H,26,31). The number of carbonyl (C=O) groups is 2. The summed E-state index contributed by atoms with van der Waals surface area (Å²) >= 11 is 0. The van der Waals surface area contributed by atoms with E-state index in [0.717, 1.165) is 44.7 Å². The molecule has 2 aliphatic rings. The third-order valence-corrected chi connectivity index (χ3v) is 6.36. The molecule has 4 rings (SSSR count). The molecule has 6 nitrogen and oxygen atoms in total. The summed E-state index contributed by atoms with van der Waals surface area (Å²) in [4.78, 5) is 31.9. The SMILES string of the molecule is Cc1cccc(N2CCN(CC(=O)N3CCC(C(=O)Nc4ccccc4)CC3)CC2)c1. The molecule has 2 amide bonds. The summed E-state index contributed by atoms with van der Waals surface area (Å²) in [7, 11) is 0. The fraction of sp³-hybridized carbons (Fsp3) is 0.440. The van der Waals surface area contributed by atoms with E-state index < -0.39 is 0 Å². The van der Waals surface area contributed by atoms with Crippen molar-refractivity contribution in [2.24, 2.45) is 5.92 Å². The van der Waals surface area contributed by atoms with Crippen molar-refractivity contribution < 1.29 is 9.59 Å². The van der Waals surface area contributed by atoms with Crippen LogP contribution >= 0.6 is 0 Å². The fourth-order valence-electron chi connectivity index (χ4n) is 4.44.